The van der Waals surface area contributed by atoms with Crippen LogP contribution in [0.25, 0.3) is 0 Å². The fourth-order valence-corrected chi connectivity index (χ4v) is 3.59. The highest BCUT2D eigenvalue weighted by Crippen LogP contribution is 2.31. The normalized spacial score (nSPS) is 16.1. The van der Waals surface area contributed by atoms with Gasteiger partial charge in [-0.1, -0.05) is 37.8 Å². The molecule has 21 heavy (non-hydrogen) atoms. The second-order valence-corrected chi connectivity index (χ2v) is 6.46. The molecule has 118 valence electrons. The van der Waals surface area contributed by atoms with Gasteiger partial charge in [0.2, 0.25) is 0 Å². The molecule has 0 aromatic heterocycles. The molecule has 1 aromatic rings. The highest BCUT2D eigenvalue weighted by atomic mass is 35.5. The molecule has 0 unspecified atom stereocenters. The summed E-state index contributed by atoms with van der Waals surface area (Å²) in [5, 5.41) is 4.36. The van der Waals surface area contributed by atoms with Crippen molar-refractivity contribution in [1.29, 1.82) is 0 Å². The maximum absolute atomic E-state index is 6.22. The van der Waals surface area contributed by atoms with Crippen LogP contribution in [0.5, 0.6) is 0 Å². The van der Waals surface area contributed by atoms with E-state index in [4.69, 9.17) is 11.6 Å². The van der Waals surface area contributed by atoms with Crippen molar-refractivity contribution < 1.29 is 0 Å². The Hall–Kier alpha value is -0.730. The molecule has 1 saturated carbocycles. The first kappa shape index (κ1) is 16.6. The van der Waals surface area contributed by atoms with Crippen LogP contribution in [0.1, 0.15) is 57.9 Å². The average molecular weight is 309 g/mol. The second-order valence-electron chi connectivity index (χ2n) is 6.03. The van der Waals surface area contributed by atoms with Crippen molar-refractivity contribution in [3.8, 4) is 0 Å². The standard InChI is InChI=1S/C18H29ClN2/c1-3-12-20-14-15-13-16(19)10-11-18(15)21(4-2)17-8-6-5-7-9-17/h10-11,13,17,20H,3-9,12,14H2,1-2H3. The summed E-state index contributed by atoms with van der Waals surface area (Å²) in [6, 6.07) is 7.08. The number of halogens is 1. The van der Waals surface area contributed by atoms with Gasteiger partial charge in [0.25, 0.3) is 0 Å². The zero-order valence-electron chi connectivity index (χ0n) is 13.5. The molecule has 2 rings (SSSR count). The average Bonchev–Trinajstić information content (AvgIpc) is 2.51. The summed E-state index contributed by atoms with van der Waals surface area (Å²) >= 11 is 6.22. The Morgan fingerprint density at radius 1 is 1.19 bits per heavy atom. The Morgan fingerprint density at radius 3 is 2.62 bits per heavy atom. The van der Waals surface area contributed by atoms with Crippen molar-refractivity contribution >= 4 is 17.3 Å². The van der Waals surface area contributed by atoms with E-state index < -0.39 is 0 Å². The summed E-state index contributed by atoms with van der Waals surface area (Å²) in [5.74, 6) is 0. The van der Waals surface area contributed by atoms with Crippen molar-refractivity contribution in [2.45, 2.75) is 65.0 Å². The quantitative estimate of drug-likeness (QED) is 0.713. The molecule has 0 saturated heterocycles. The minimum atomic E-state index is 0.704. The first-order chi connectivity index (χ1) is 10.3. The van der Waals surface area contributed by atoms with Gasteiger partial charge in [0, 0.05) is 29.8 Å². The van der Waals surface area contributed by atoms with Gasteiger partial charge in [-0.2, -0.15) is 0 Å². The van der Waals surface area contributed by atoms with E-state index in [1.165, 1.54) is 43.4 Å². The zero-order chi connectivity index (χ0) is 15.1. The lowest BCUT2D eigenvalue weighted by atomic mass is 9.93. The summed E-state index contributed by atoms with van der Waals surface area (Å²) in [6.07, 6.45) is 7.97. The van der Waals surface area contributed by atoms with Crippen LogP contribution in [0.4, 0.5) is 5.69 Å². The number of anilines is 1. The van der Waals surface area contributed by atoms with E-state index >= 15 is 0 Å². The van der Waals surface area contributed by atoms with Crippen molar-refractivity contribution in [3.05, 3.63) is 28.8 Å². The third-order valence-electron chi connectivity index (χ3n) is 4.45. The molecule has 2 nitrogen and oxygen atoms in total. The van der Waals surface area contributed by atoms with Crippen LogP contribution in [0.2, 0.25) is 5.02 Å². The van der Waals surface area contributed by atoms with Crippen LogP contribution in [0.15, 0.2) is 18.2 Å². The van der Waals surface area contributed by atoms with Gasteiger partial charge >= 0.3 is 0 Å². The number of hydrogen-bond donors (Lipinski definition) is 1. The van der Waals surface area contributed by atoms with Crippen molar-refractivity contribution in [2.75, 3.05) is 18.0 Å². The number of nitrogens with one attached hydrogen (secondary N) is 1. The lowest BCUT2D eigenvalue weighted by molar-refractivity contribution is 0.417. The smallest absolute Gasteiger partial charge is 0.0415 e. The largest absolute Gasteiger partial charge is 0.369 e. The van der Waals surface area contributed by atoms with Crippen LogP contribution in [0.3, 0.4) is 0 Å². The lowest BCUT2D eigenvalue weighted by Gasteiger charge is -2.36. The Balaban J connectivity index is 2.18. The van der Waals surface area contributed by atoms with Crippen molar-refractivity contribution in [2.24, 2.45) is 0 Å². The molecule has 1 fully saturated rings. The highest BCUT2D eigenvalue weighted by molar-refractivity contribution is 6.30. The van der Waals surface area contributed by atoms with Crippen LogP contribution in [0, 0.1) is 0 Å². The molecule has 0 amide bonds. The molecule has 0 radical (unpaired) electrons. The Bertz CT molecular complexity index is 427. The molecule has 1 aliphatic carbocycles. The van der Waals surface area contributed by atoms with E-state index in [2.05, 4.69) is 36.2 Å². The fraction of sp³-hybridized carbons (Fsp3) is 0.667. The van der Waals surface area contributed by atoms with Gasteiger partial charge in [-0.15, -0.1) is 0 Å². The van der Waals surface area contributed by atoms with Gasteiger partial charge in [0.05, 0.1) is 0 Å². The van der Waals surface area contributed by atoms with E-state index in [1.807, 2.05) is 6.07 Å². The first-order valence-electron chi connectivity index (χ1n) is 8.52. The Kier molecular flexibility index (Phi) is 6.85. The highest BCUT2D eigenvalue weighted by Gasteiger charge is 2.22. The second kappa shape index (κ2) is 8.65. The molecular formula is C18H29ClN2. The summed E-state index contributed by atoms with van der Waals surface area (Å²) in [6.45, 7) is 7.51. The van der Waals surface area contributed by atoms with Gasteiger partial charge < -0.3 is 10.2 Å². The molecule has 1 aliphatic rings. The van der Waals surface area contributed by atoms with E-state index in [0.29, 0.717) is 6.04 Å². The minimum absolute atomic E-state index is 0.704. The molecule has 3 heteroatoms. The van der Waals surface area contributed by atoms with Gasteiger partial charge in [-0.05, 0) is 56.5 Å². The van der Waals surface area contributed by atoms with Crippen LogP contribution >= 0.6 is 11.6 Å². The van der Waals surface area contributed by atoms with Gasteiger partial charge in [-0.3, -0.25) is 0 Å². The SMILES string of the molecule is CCCNCc1cc(Cl)ccc1N(CC)C1CCCCC1. The van der Waals surface area contributed by atoms with E-state index in [-0.39, 0.29) is 0 Å². The third kappa shape index (κ3) is 4.62. The Labute approximate surface area is 134 Å². The summed E-state index contributed by atoms with van der Waals surface area (Å²) < 4.78 is 0. The molecule has 0 bridgehead atoms. The maximum atomic E-state index is 6.22. The first-order valence-corrected chi connectivity index (χ1v) is 8.89. The summed E-state index contributed by atoms with van der Waals surface area (Å²) in [4.78, 5) is 2.60. The van der Waals surface area contributed by atoms with E-state index in [0.717, 1.165) is 31.1 Å². The lowest BCUT2D eigenvalue weighted by Crippen LogP contribution is -2.37. The molecule has 0 atom stereocenters. The summed E-state index contributed by atoms with van der Waals surface area (Å²) in [7, 11) is 0. The molecular weight excluding hydrogens is 280 g/mol. The van der Waals surface area contributed by atoms with Crippen molar-refractivity contribution in [1.82, 2.24) is 5.32 Å². The minimum Gasteiger partial charge on any atom is -0.369 e. The van der Waals surface area contributed by atoms with Gasteiger partial charge in [0.1, 0.15) is 0 Å². The third-order valence-corrected chi connectivity index (χ3v) is 4.68. The maximum Gasteiger partial charge on any atom is 0.0415 e. The fourth-order valence-electron chi connectivity index (χ4n) is 3.39. The van der Waals surface area contributed by atoms with E-state index in [9.17, 15) is 0 Å². The molecule has 0 spiro atoms. The van der Waals surface area contributed by atoms with E-state index in [1.54, 1.807) is 0 Å². The van der Waals surface area contributed by atoms with Gasteiger partial charge in [-0.25, -0.2) is 0 Å². The van der Waals surface area contributed by atoms with Crippen molar-refractivity contribution in [3.63, 3.8) is 0 Å². The molecule has 1 aromatic carbocycles. The molecule has 0 heterocycles. The summed E-state index contributed by atoms with van der Waals surface area (Å²) in [5.41, 5.74) is 2.71. The Morgan fingerprint density at radius 2 is 1.95 bits per heavy atom. The van der Waals surface area contributed by atoms with Crippen LogP contribution < -0.4 is 10.2 Å². The van der Waals surface area contributed by atoms with Crippen LogP contribution in [-0.2, 0) is 6.54 Å². The number of nitrogens with zero attached hydrogens (tertiary/aromatic N) is 1. The number of benzene rings is 1. The number of hydrogen-bond acceptors (Lipinski definition) is 2. The monoisotopic (exact) mass is 308 g/mol. The number of rotatable bonds is 7. The van der Waals surface area contributed by atoms with Crippen LogP contribution in [-0.4, -0.2) is 19.1 Å². The molecule has 1 N–H and O–H groups in total. The molecule has 0 aliphatic heterocycles. The zero-order valence-corrected chi connectivity index (χ0v) is 14.3. The topological polar surface area (TPSA) is 15.3 Å². The van der Waals surface area contributed by atoms with Gasteiger partial charge in [0.15, 0.2) is 0 Å². The predicted octanol–water partition coefficient (Wildman–Crippen LogP) is 5.00. The predicted molar refractivity (Wildman–Crippen MR) is 93.3 cm³/mol.